The molecule has 0 saturated carbocycles. The van der Waals surface area contributed by atoms with E-state index in [1.807, 2.05) is 0 Å². The monoisotopic (exact) mass is 310 g/mol. The summed E-state index contributed by atoms with van der Waals surface area (Å²) in [7, 11) is -3.21. The van der Waals surface area contributed by atoms with E-state index in [1.54, 1.807) is 34.7 Å². The lowest BCUT2D eigenvalue weighted by Gasteiger charge is -1.98. The highest BCUT2D eigenvalue weighted by Gasteiger charge is 2.09. The van der Waals surface area contributed by atoms with Crippen molar-refractivity contribution >= 4 is 36.2 Å². The van der Waals surface area contributed by atoms with Gasteiger partial charge in [-0.05, 0) is 12.1 Å². The lowest BCUT2D eigenvalue weighted by Crippen LogP contribution is -1.98. The predicted molar refractivity (Wildman–Crippen MR) is 57.9 cm³/mol. The Kier molecular flexibility index (Phi) is 3.07. The molecule has 0 heterocycles. The van der Waals surface area contributed by atoms with E-state index in [-0.39, 0.29) is 8.69 Å². The third-order valence-electron chi connectivity index (χ3n) is 1.49. The fourth-order valence-electron chi connectivity index (χ4n) is 0.849. The van der Waals surface area contributed by atoms with Crippen LogP contribution in [0.5, 0.6) is 0 Å². The number of carbonyl (C=O) groups excluding carboxylic acids is 1. The van der Waals surface area contributed by atoms with E-state index in [2.05, 4.69) is 0 Å². The first-order valence-corrected chi connectivity index (χ1v) is 6.38. The second kappa shape index (κ2) is 3.75. The van der Waals surface area contributed by atoms with Gasteiger partial charge in [0.05, 0.1) is 4.90 Å². The smallest absolute Gasteiger partial charge is 0.222 e. The fourth-order valence-corrected chi connectivity index (χ4v) is 1.85. The summed E-state index contributed by atoms with van der Waals surface area (Å²) in [5, 5.41) is 0. The average molecular weight is 310 g/mol. The molecule has 1 rings (SSSR count). The highest BCUT2D eigenvalue weighted by molar-refractivity contribution is 14.1. The van der Waals surface area contributed by atoms with Crippen molar-refractivity contribution in [3.63, 3.8) is 0 Å². The van der Waals surface area contributed by atoms with Gasteiger partial charge in [-0.1, -0.05) is 12.1 Å². The van der Waals surface area contributed by atoms with Gasteiger partial charge in [0, 0.05) is 34.4 Å². The molecule has 0 saturated heterocycles. The van der Waals surface area contributed by atoms with Crippen molar-refractivity contribution in [2.45, 2.75) is 4.90 Å². The van der Waals surface area contributed by atoms with Gasteiger partial charge in [0.1, 0.15) is 0 Å². The SMILES string of the molecule is CS(=O)(=O)c1cccc(C(=O)I)c1. The maximum atomic E-state index is 11.1. The van der Waals surface area contributed by atoms with Crippen LogP contribution in [0.25, 0.3) is 0 Å². The molecule has 70 valence electrons. The Balaban J connectivity index is 3.29. The van der Waals surface area contributed by atoms with E-state index in [1.165, 1.54) is 12.1 Å². The van der Waals surface area contributed by atoms with Gasteiger partial charge in [-0.25, -0.2) is 8.42 Å². The molecule has 0 N–H and O–H groups in total. The summed E-state index contributed by atoms with van der Waals surface area (Å²) in [4.78, 5) is 11.1. The summed E-state index contributed by atoms with van der Waals surface area (Å²) in [6, 6.07) is 5.99. The molecule has 1 aromatic rings. The Hall–Kier alpha value is -0.430. The second-order valence-electron chi connectivity index (χ2n) is 2.57. The molecular formula is C8H7IO3S. The first-order chi connectivity index (χ1) is 5.91. The molecule has 0 radical (unpaired) electrons. The van der Waals surface area contributed by atoms with Crippen molar-refractivity contribution in [3.8, 4) is 0 Å². The van der Waals surface area contributed by atoms with Crippen LogP contribution in [-0.2, 0) is 9.84 Å². The molecule has 3 nitrogen and oxygen atoms in total. The van der Waals surface area contributed by atoms with Gasteiger partial charge >= 0.3 is 0 Å². The van der Waals surface area contributed by atoms with E-state index in [0.29, 0.717) is 5.56 Å². The van der Waals surface area contributed by atoms with Crippen LogP contribution < -0.4 is 0 Å². The molecule has 0 spiro atoms. The van der Waals surface area contributed by atoms with Gasteiger partial charge < -0.3 is 0 Å². The van der Waals surface area contributed by atoms with Gasteiger partial charge in [0.25, 0.3) is 0 Å². The Labute approximate surface area is 90.2 Å². The van der Waals surface area contributed by atoms with Crippen molar-refractivity contribution < 1.29 is 13.2 Å². The van der Waals surface area contributed by atoms with Gasteiger partial charge in [-0.2, -0.15) is 0 Å². The van der Waals surface area contributed by atoms with Crippen molar-refractivity contribution in [1.29, 1.82) is 0 Å². The largest absolute Gasteiger partial charge is 0.282 e. The standard InChI is InChI=1S/C8H7IO3S/c1-13(11,12)7-4-2-3-6(5-7)8(9)10/h2-5H,1H3. The molecule has 0 amide bonds. The Morgan fingerprint density at radius 3 is 2.46 bits per heavy atom. The summed E-state index contributed by atoms with van der Waals surface area (Å²) in [6.45, 7) is 0. The van der Waals surface area contributed by atoms with Gasteiger partial charge in [-0.15, -0.1) is 0 Å². The molecule has 1 aromatic carbocycles. The summed E-state index contributed by atoms with van der Waals surface area (Å²) < 4.78 is 22.0. The van der Waals surface area contributed by atoms with Crippen LogP contribution in [-0.4, -0.2) is 18.5 Å². The number of rotatable bonds is 2. The molecule has 0 fully saturated rings. The van der Waals surface area contributed by atoms with Crippen LogP contribution in [0, 0.1) is 0 Å². The topological polar surface area (TPSA) is 51.2 Å². The lowest BCUT2D eigenvalue weighted by atomic mass is 10.2. The van der Waals surface area contributed by atoms with Gasteiger partial charge in [-0.3, -0.25) is 4.79 Å². The average Bonchev–Trinajstić information content (AvgIpc) is 2.03. The van der Waals surface area contributed by atoms with Crippen LogP contribution in [0.3, 0.4) is 0 Å². The summed E-state index contributed by atoms with van der Waals surface area (Å²) in [5.74, 6) is 0. The minimum Gasteiger partial charge on any atom is -0.282 e. The molecule has 0 aliphatic carbocycles. The quantitative estimate of drug-likeness (QED) is 0.617. The second-order valence-corrected chi connectivity index (χ2v) is 5.57. The molecule has 0 atom stereocenters. The molecule has 0 aliphatic rings. The lowest BCUT2D eigenvalue weighted by molar-refractivity contribution is 0.110. The Bertz CT molecular complexity index is 436. The van der Waals surface area contributed by atoms with Crippen LogP contribution >= 0.6 is 22.6 Å². The highest BCUT2D eigenvalue weighted by Crippen LogP contribution is 2.13. The van der Waals surface area contributed by atoms with Crippen LogP contribution in [0.4, 0.5) is 0 Å². The summed E-state index contributed by atoms with van der Waals surface area (Å²) in [6.07, 6.45) is 1.11. The summed E-state index contributed by atoms with van der Waals surface area (Å²) >= 11 is 1.62. The fraction of sp³-hybridized carbons (Fsp3) is 0.125. The van der Waals surface area contributed by atoms with Crippen molar-refractivity contribution in [2.75, 3.05) is 6.26 Å². The molecular weight excluding hydrogens is 303 g/mol. The van der Waals surface area contributed by atoms with E-state index >= 15 is 0 Å². The molecule has 5 heteroatoms. The van der Waals surface area contributed by atoms with E-state index in [0.717, 1.165) is 6.26 Å². The molecule has 0 aliphatic heterocycles. The summed E-state index contributed by atoms with van der Waals surface area (Å²) in [5.41, 5.74) is 0.406. The first kappa shape index (κ1) is 10.6. The molecule has 0 bridgehead atoms. The van der Waals surface area contributed by atoms with Crippen molar-refractivity contribution in [1.82, 2.24) is 0 Å². The molecule has 13 heavy (non-hydrogen) atoms. The van der Waals surface area contributed by atoms with E-state index in [4.69, 9.17) is 0 Å². The van der Waals surface area contributed by atoms with E-state index < -0.39 is 9.84 Å². The normalized spacial score (nSPS) is 11.2. The molecule has 0 unspecified atom stereocenters. The predicted octanol–water partition coefficient (Wildman–Crippen LogP) is 1.67. The number of hydrogen-bond donors (Lipinski definition) is 0. The Morgan fingerprint density at radius 1 is 1.38 bits per heavy atom. The molecule has 0 aromatic heterocycles. The third-order valence-corrected chi connectivity index (χ3v) is 3.22. The zero-order chi connectivity index (χ0) is 10.1. The first-order valence-electron chi connectivity index (χ1n) is 3.41. The number of halogens is 1. The highest BCUT2D eigenvalue weighted by atomic mass is 127. The number of benzene rings is 1. The van der Waals surface area contributed by atoms with Crippen LogP contribution in [0.15, 0.2) is 29.2 Å². The third kappa shape index (κ3) is 2.77. The van der Waals surface area contributed by atoms with Gasteiger partial charge in [0.15, 0.2) is 9.84 Å². The maximum absolute atomic E-state index is 11.1. The van der Waals surface area contributed by atoms with Crippen molar-refractivity contribution in [3.05, 3.63) is 29.8 Å². The van der Waals surface area contributed by atoms with Crippen LogP contribution in [0.1, 0.15) is 10.4 Å². The van der Waals surface area contributed by atoms with Crippen molar-refractivity contribution in [2.24, 2.45) is 0 Å². The maximum Gasteiger partial charge on any atom is 0.222 e. The number of hydrogen-bond acceptors (Lipinski definition) is 3. The van der Waals surface area contributed by atoms with E-state index in [9.17, 15) is 13.2 Å². The minimum absolute atomic E-state index is 0.164. The number of sulfone groups is 1. The Morgan fingerprint density at radius 2 is 2.00 bits per heavy atom. The van der Waals surface area contributed by atoms with Crippen LogP contribution in [0.2, 0.25) is 0 Å². The van der Waals surface area contributed by atoms with Gasteiger partial charge in [0.2, 0.25) is 3.79 Å². The number of carbonyl (C=O) groups is 1. The minimum atomic E-state index is -3.21. The zero-order valence-corrected chi connectivity index (χ0v) is 9.79. The zero-order valence-electron chi connectivity index (χ0n) is 6.82.